The third kappa shape index (κ3) is 4.25. The van der Waals surface area contributed by atoms with Crippen molar-refractivity contribution in [3.05, 3.63) is 82.1 Å². The lowest BCUT2D eigenvalue weighted by atomic mass is 10.1. The molecule has 0 bridgehead atoms. The molecule has 0 fully saturated rings. The van der Waals surface area contributed by atoms with Crippen LogP contribution >= 0.6 is 11.6 Å². The first-order valence-electron chi connectivity index (χ1n) is 9.24. The highest BCUT2D eigenvalue weighted by Crippen LogP contribution is 2.32. The summed E-state index contributed by atoms with van der Waals surface area (Å²) in [5, 5.41) is 7.03. The summed E-state index contributed by atoms with van der Waals surface area (Å²) >= 11 is 5.86. The maximum atomic E-state index is 13.7. The highest BCUT2D eigenvalue weighted by Gasteiger charge is 2.35. The number of aryl methyl sites for hydroxylation is 2. The zero-order chi connectivity index (χ0) is 22.3. The van der Waals surface area contributed by atoms with E-state index in [1.54, 1.807) is 30.3 Å². The van der Waals surface area contributed by atoms with Gasteiger partial charge in [-0.1, -0.05) is 35.9 Å². The Morgan fingerprint density at radius 3 is 2.42 bits per heavy atom. The molecule has 0 spiro atoms. The van der Waals surface area contributed by atoms with Crippen molar-refractivity contribution in [3.8, 4) is 11.3 Å². The first-order chi connectivity index (χ1) is 14.6. The van der Waals surface area contributed by atoms with Gasteiger partial charge in [0.05, 0.1) is 5.69 Å². The van der Waals surface area contributed by atoms with E-state index in [4.69, 9.17) is 11.6 Å². The molecule has 1 N–H and O–H groups in total. The molecule has 4 rings (SSSR count). The van der Waals surface area contributed by atoms with Crippen LogP contribution in [-0.2, 0) is 6.18 Å². The normalized spacial score (nSPS) is 11.7. The predicted molar refractivity (Wildman–Crippen MR) is 112 cm³/mol. The fourth-order valence-corrected chi connectivity index (χ4v) is 3.24. The predicted octanol–water partition coefficient (Wildman–Crippen LogP) is 5.94. The molecule has 2 heterocycles. The van der Waals surface area contributed by atoms with E-state index in [0.717, 1.165) is 17.2 Å². The van der Waals surface area contributed by atoms with Crippen LogP contribution in [0.2, 0.25) is 5.02 Å². The first kappa shape index (κ1) is 20.9. The van der Waals surface area contributed by atoms with Crippen LogP contribution < -0.4 is 5.32 Å². The smallest absolute Gasteiger partial charge is 0.320 e. The minimum Gasteiger partial charge on any atom is -0.320 e. The molecule has 0 saturated heterocycles. The highest BCUT2D eigenvalue weighted by molar-refractivity contribution is 6.30. The van der Waals surface area contributed by atoms with Gasteiger partial charge in [0.1, 0.15) is 0 Å². The van der Waals surface area contributed by atoms with Gasteiger partial charge < -0.3 is 5.32 Å². The Kier molecular flexibility index (Phi) is 5.18. The molecule has 0 aliphatic carbocycles. The van der Waals surface area contributed by atoms with Crippen molar-refractivity contribution in [1.29, 1.82) is 0 Å². The number of carbonyl (C=O) groups excluding carboxylic acids is 1. The number of fused-ring (bicyclic) bond motifs is 1. The number of benzene rings is 2. The van der Waals surface area contributed by atoms with Gasteiger partial charge in [-0.2, -0.15) is 18.3 Å². The summed E-state index contributed by atoms with van der Waals surface area (Å²) in [6.45, 7) is 3.69. The second-order valence-corrected chi connectivity index (χ2v) is 7.54. The minimum absolute atomic E-state index is 0.0918. The van der Waals surface area contributed by atoms with Crippen molar-refractivity contribution in [2.75, 3.05) is 5.32 Å². The highest BCUT2D eigenvalue weighted by atomic mass is 35.5. The van der Waals surface area contributed by atoms with Gasteiger partial charge in [0.25, 0.3) is 5.91 Å². The molecule has 1 amide bonds. The van der Waals surface area contributed by atoms with Crippen LogP contribution in [0.3, 0.4) is 0 Å². The van der Waals surface area contributed by atoms with Gasteiger partial charge in [0, 0.05) is 22.3 Å². The number of hydrogen-bond acceptors (Lipinski definition) is 3. The molecule has 4 aromatic rings. The third-order valence-corrected chi connectivity index (χ3v) is 4.98. The molecule has 5 nitrogen and oxygen atoms in total. The van der Waals surface area contributed by atoms with E-state index in [1.807, 2.05) is 26.0 Å². The number of nitrogens with one attached hydrogen (secondary N) is 1. The maximum Gasteiger partial charge on any atom is 0.433 e. The summed E-state index contributed by atoms with van der Waals surface area (Å²) in [5.41, 5.74) is 1.57. The van der Waals surface area contributed by atoms with Crippen LogP contribution in [0.5, 0.6) is 0 Å². The van der Waals surface area contributed by atoms with E-state index in [0.29, 0.717) is 20.8 Å². The van der Waals surface area contributed by atoms with Crippen LogP contribution in [0.1, 0.15) is 27.3 Å². The maximum absolute atomic E-state index is 13.7. The Hall–Kier alpha value is -3.39. The number of alkyl halides is 3. The van der Waals surface area contributed by atoms with E-state index >= 15 is 0 Å². The lowest BCUT2D eigenvalue weighted by molar-refractivity contribution is -0.142. The van der Waals surface area contributed by atoms with Gasteiger partial charge in [-0.15, -0.1) is 0 Å². The Balaban J connectivity index is 1.79. The quantitative estimate of drug-likeness (QED) is 0.425. The minimum atomic E-state index is -4.70. The number of rotatable bonds is 3. The number of hydrogen-bond donors (Lipinski definition) is 1. The monoisotopic (exact) mass is 444 g/mol. The molecular weight excluding hydrogens is 429 g/mol. The standard InChI is InChI=1S/C22H16ClF3N4O/c1-12-3-4-13(2)16(9-12)28-21(31)18-11-20-27-17(14-5-7-15(23)8-6-14)10-19(22(24,25)26)30(20)29-18/h3-11H,1-2H3,(H,28,31). The van der Waals surface area contributed by atoms with Crippen molar-refractivity contribution in [2.45, 2.75) is 20.0 Å². The van der Waals surface area contributed by atoms with E-state index in [-0.39, 0.29) is 17.0 Å². The molecule has 9 heteroatoms. The van der Waals surface area contributed by atoms with E-state index in [2.05, 4.69) is 15.4 Å². The Morgan fingerprint density at radius 2 is 1.74 bits per heavy atom. The van der Waals surface area contributed by atoms with Gasteiger partial charge in [-0.05, 0) is 49.2 Å². The Morgan fingerprint density at radius 1 is 1.03 bits per heavy atom. The number of amides is 1. The Labute approximate surface area is 180 Å². The lowest BCUT2D eigenvalue weighted by Gasteiger charge is -2.11. The summed E-state index contributed by atoms with van der Waals surface area (Å²) in [7, 11) is 0. The van der Waals surface area contributed by atoms with Crippen molar-refractivity contribution in [3.63, 3.8) is 0 Å². The van der Waals surface area contributed by atoms with E-state index in [9.17, 15) is 18.0 Å². The molecule has 0 aliphatic rings. The number of aromatic nitrogens is 3. The summed E-state index contributed by atoms with van der Waals surface area (Å²) in [6.07, 6.45) is -4.70. The summed E-state index contributed by atoms with van der Waals surface area (Å²) in [5.74, 6) is -0.625. The van der Waals surface area contributed by atoms with Gasteiger partial charge in [0.15, 0.2) is 17.0 Å². The summed E-state index contributed by atoms with van der Waals surface area (Å²) in [4.78, 5) is 17.0. The summed E-state index contributed by atoms with van der Waals surface area (Å²) < 4.78 is 41.8. The fourth-order valence-electron chi connectivity index (χ4n) is 3.11. The van der Waals surface area contributed by atoms with E-state index < -0.39 is 17.8 Å². The van der Waals surface area contributed by atoms with E-state index in [1.165, 1.54) is 6.07 Å². The average molecular weight is 445 g/mol. The van der Waals surface area contributed by atoms with Gasteiger partial charge in [0.2, 0.25) is 0 Å². The molecule has 0 radical (unpaired) electrons. The van der Waals surface area contributed by atoms with Crippen LogP contribution in [0.25, 0.3) is 16.9 Å². The van der Waals surface area contributed by atoms with Gasteiger partial charge in [-0.25, -0.2) is 9.50 Å². The second-order valence-electron chi connectivity index (χ2n) is 7.10. The van der Waals surface area contributed by atoms with Crippen LogP contribution in [-0.4, -0.2) is 20.5 Å². The molecule has 0 saturated carbocycles. The molecular formula is C22H16ClF3N4O. The van der Waals surface area contributed by atoms with Crippen molar-refractivity contribution < 1.29 is 18.0 Å². The number of nitrogens with zero attached hydrogens (tertiary/aromatic N) is 3. The van der Waals surface area contributed by atoms with Gasteiger partial charge >= 0.3 is 6.18 Å². The molecule has 0 atom stereocenters. The number of halogens is 4. The number of anilines is 1. The molecule has 0 aliphatic heterocycles. The van der Waals surface area contributed by atoms with Crippen molar-refractivity contribution >= 4 is 28.8 Å². The number of carbonyl (C=O) groups is 1. The SMILES string of the molecule is Cc1ccc(C)c(NC(=O)c2cc3nc(-c4ccc(Cl)cc4)cc(C(F)(F)F)n3n2)c1. The molecule has 158 valence electrons. The molecule has 2 aromatic carbocycles. The van der Waals surface area contributed by atoms with Gasteiger partial charge in [-0.3, -0.25) is 4.79 Å². The Bertz CT molecular complexity index is 1300. The first-order valence-corrected chi connectivity index (χ1v) is 9.62. The summed E-state index contributed by atoms with van der Waals surface area (Å²) in [6, 6.07) is 13.9. The topological polar surface area (TPSA) is 59.3 Å². The van der Waals surface area contributed by atoms with Crippen molar-refractivity contribution in [1.82, 2.24) is 14.6 Å². The van der Waals surface area contributed by atoms with Crippen molar-refractivity contribution in [2.24, 2.45) is 0 Å². The third-order valence-electron chi connectivity index (χ3n) is 4.73. The fraction of sp³-hybridized carbons (Fsp3) is 0.136. The lowest BCUT2D eigenvalue weighted by Crippen LogP contribution is -2.16. The zero-order valence-corrected chi connectivity index (χ0v) is 17.2. The zero-order valence-electron chi connectivity index (χ0n) is 16.5. The molecule has 2 aromatic heterocycles. The van der Waals surface area contributed by atoms with Crippen LogP contribution in [0.15, 0.2) is 54.6 Å². The second kappa shape index (κ2) is 7.70. The van der Waals surface area contributed by atoms with Crippen LogP contribution in [0.4, 0.5) is 18.9 Å². The molecule has 0 unspecified atom stereocenters. The average Bonchev–Trinajstić information content (AvgIpc) is 3.14. The molecule has 31 heavy (non-hydrogen) atoms. The van der Waals surface area contributed by atoms with Crippen LogP contribution in [0, 0.1) is 13.8 Å². The largest absolute Gasteiger partial charge is 0.433 e.